The molecule has 0 aliphatic rings. The van der Waals surface area contributed by atoms with Gasteiger partial charge in [0.2, 0.25) is 0 Å². The van der Waals surface area contributed by atoms with Gasteiger partial charge in [-0.2, -0.15) is 5.10 Å². The van der Waals surface area contributed by atoms with Gasteiger partial charge in [0.15, 0.2) is 6.29 Å². The van der Waals surface area contributed by atoms with E-state index in [9.17, 15) is 9.59 Å². The van der Waals surface area contributed by atoms with Crippen LogP contribution in [0.15, 0.2) is 5.10 Å². The molecule has 74 valence electrons. The Morgan fingerprint density at radius 1 is 1.46 bits per heavy atom. The number of carboxylic acid groups (broad SMARTS) is 1. The molecule has 0 aliphatic heterocycles. The topological polar surface area (TPSA) is 122 Å². The highest BCUT2D eigenvalue weighted by molar-refractivity contribution is 6.27. The molecule has 7 nitrogen and oxygen atoms in total. The van der Waals surface area contributed by atoms with Gasteiger partial charge in [-0.25, -0.2) is 10.2 Å². The highest BCUT2D eigenvalue weighted by Gasteiger charge is 1.86. The molecule has 0 rings (SSSR count). The number of nitrogens with zero attached hydrogens (tertiary/aromatic N) is 1. The Morgan fingerprint density at radius 2 is 1.85 bits per heavy atom. The predicted octanol–water partition coefficient (Wildman–Crippen LogP) is -0.680. The Bertz CT molecular complexity index is 220. The molecule has 0 heterocycles. The largest absolute Gasteiger partial charge is 0.481 e. The van der Waals surface area contributed by atoms with E-state index in [4.69, 9.17) is 9.90 Å². The number of carbonyl (C=O) groups is 3. The van der Waals surface area contributed by atoms with Crippen molar-refractivity contribution in [2.24, 2.45) is 10.8 Å². The number of carbonyl (C=O) groups excluding carboxylic acids is 2. The number of nitrogens with two attached hydrogens (primary N) is 1. The molecule has 0 aromatic heterocycles. The van der Waals surface area contributed by atoms with Gasteiger partial charge in [-0.1, -0.05) is 0 Å². The smallest absolute Gasteiger partial charge is 0.332 e. The lowest BCUT2D eigenvalue weighted by atomic mass is 10.5. The van der Waals surface area contributed by atoms with Gasteiger partial charge < -0.3 is 10.8 Å². The van der Waals surface area contributed by atoms with Crippen LogP contribution in [0.5, 0.6) is 0 Å². The highest BCUT2D eigenvalue weighted by atomic mass is 16.4. The third-order valence-corrected chi connectivity index (χ3v) is 0.513. The number of amides is 2. The minimum absolute atomic E-state index is 0.175. The van der Waals surface area contributed by atoms with Crippen molar-refractivity contribution in [2.75, 3.05) is 0 Å². The van der Waals surface area contributed by atoms with Crippen molar-refractivity contribution in [1.29, 1.82) is 0 Å². The van der Waals surface area contributed by atoms with E-state index in [1.807, 2.05) is 5.43 Å². The Kier molecular flexibility index (Phi) is 8.59. The maximum atomic E-state index is 9.91. The van der Waals surface area contributed by atoms with E-state index in [2.05, 4.69) is 10.8 Å². The second-order valence-electron chi connectivity index (χ2n) is 1.87. The molecular weight excluding hydrogens is 178 g/mol. The fourth-order valence-corrected chi connectivity index (χ4v) is 0.170. The SMILES string of the molecule is C/C(C=O)=N\NC(N)=O.CC(=O)O. The number of nitrogens with one attached hydrogen (secondary N) is 1. The molecule has 13 heavy (non-hydrogen) atoms. The number of aldehydes is 1. The molecule has 0 fully saturated rings. The molecule has 0 radical (unpaired) electrons. The third-order valence-electron chi connectivity index (χ3n) is 0.513. The quantitative estimate of drug-likeness (QED) is 0.302. The normalized spacial score (nSPS) is 9.23. The van der Waals surface area contributed by atoms with Crippen LogP contribution in [0.1, 0.15) is 13.8 Å². The first-order chi connectivity index (χ1) is 5.90. The van der Waals surface area contributed by atoms with Gasteiger partial charge in [0.25, 0.3) is 5.97 Å². The van der Waals surface area contributed by atoms with E-state index < -0.39 is 12.0 Å². The highest BCUT2D eigenvalue weighted by Crippen LogP contribution is 1.65. The molecule has 0 aromatic carbocycles. The Morgan fingerprint density at radius 3 is 2.08 bits per heavy atom. The summed E-state index contributed by atoms with van der Waals surface area (Å²) in [6, 6.07) is -0.781. The van der Waals surface area contributed by atoms with Crippen molar-refractivity contribution in [3.8, 4) is 0 Å². The zero-order valence-corrected chi connectivity index (χ0v) is 7.27. The molecule has 0 aliphatic carbocycles. The van der Waals surface area contributed by atoms with Gasteiger partial charge in [0, 0.05) is 6.92 Å². The van der Waals surface area contributed by atoms with Crippen molar-refractivity contribution in [1.82, 2.24) is 5.43 Å². The molecule has 0 spiro atoms. The van der Waals surface area contributed by atoms with E-state index in [1.54, 1.807) is 0 Å². The van der Waals surface area contributed by atoms with Crippen molar-refractivity contribution in [3.05, 3.63) is 0 Å². The molecule has 0 saturated carbocycles. The zero-order valence-electron chi connectivity index (χ0n) is 7.27. The summed E-state index contributed by atoms with van der Waals surface area (Å²) >= 11 is 0. The van der Waals surface area contributed by atoms with Crippen LogP contribution >= 0.6 is 0 Å². The molecular formula is C6H11N3O4. The standard InChI is InChI=1S/C4H7N3O2.C2H4O2/c1-3(2-8)6-7-4(5)9;1-2(3)4/h2H,1H3,(H3,5,7,9);1H3,(H,3,4)/b6-3+;. The van der Waals surface area contributed by atoms with Crippen LogP contribution < -0.4 is 11.2 Å². The minimum Gasteiger partial charge on any atom is -0.481 e. The van der Waals surface area contributed by atoms with Crippen LogP contribution in [0, 0.1) is 0 Å². The first-order valence-electron chi connectivity index (χ1n) is 3.14. The maximum absolute atomic E-state index is 9.91. The average Bonchev–Trinajstić information content (AvgIpc) is 1.99. The summed E-state index contributed by atoms with van der Waals surface area (Å²) in [6.07, 6.45) is 0.510. The summed E-state index contributed by atoms with van der Waals surface area (Å²) in [6.45, 7) is 2.53. The van der Waals surface area contributed by atoms with E-state index in [1.165, 1.54) is 6.92 Å². The zero-order chi connectivity index (χ0) is 10.9. The van der Waals surface area contributed by atoms with E-state index in [0.29, 0.717) is 6.29 Å². The van der Waals surface area contributed by atoms with Gasteiger partial charge in [0.05, 0.1) is 5.71 Å². The summed E-state index contributed by atoms with van der Waals surface area (Å²) < 4.78 is 0. The Labute approximate surface area is 74.6 Å². The first-order valence-corrected chi connectivity index (χ1v) is 3.14. The van der Waals surface area contributed by atoms with Crippen molar-refractivity contribution < 1.29 is 19.5 Å². The number of hydrogen-bond acceptors (Lipinski definition) is 4. The number of hydrazone groups is 1. The summed E-state index contributed by atoms with van der Waals surface area (Å²) in [5, 5.41) is 10.7. The maximum Gasteiger partial charge on any atom is 0.332 e. The first kappa shape index (κ1) is 13.7. The minimum atomic E-state index is -0.833. The van der Waals surface area contributed by atoms with Crippen LogP contribution in [-0.2, 0) is 9.59 Å². The number of urea groups is 1. The molecule has 7 heteroatoms. The lowest BCUT2D eigenvalue weighted by molar-refractivity contribution is -0.134. The summed E-state index contributed by atoms with van der Waals surface area (Å²) in [7, 11) is 0. The molecule has 0 bridgehead atoms. The fourth-order valence-electron chi connectivity index (χ4n) is 0.170. The molecule has 0 unspecified atom stereocenters. The summed E-state index contributed by atoms with van der Waals surface area (Å²) in [5.74, 6) is -0.833. The van der Waals surface area contributed by atoms with E-state index in [-0.39, 0.29) is 5.71 Å². The van der Waals surface area contributed by atoms with Gasteiger partial charge >= 0.3 is 6.03 Å². The van der Waals surface area contributed by atoms with E-state index in [0.717, 1.165) is 6.92 Å². The molecule has 0 atom stereocenters. The number of rotatable bonds is 2. The van der Waals surface area contributed by atoms with Crippen LogP contribution in [0.25, 0.3) is 0 Å². The van der Waals surface area contributed by atoms with Crippen LogP contribution in [0.2, 0.25) is 0 Å². The Balaban J connectivity index is 0. The number of aliphatic carboxylic acids is 1. The summed E-state index contributed by atoms with van der Waals surface area (Å²) in [5.41, 5.74) is 6.69. The summed E-state index contributed by atoms with van der Waals surface area (Å²) in [4.78, 5) is 28.7. The molecule has 0 aromatic rings. The van der Waals surface area contributed by atoms with Crippen LogP contribution in [0.4, 0.5) is 4.79 Å². The van der Waals surface area contributed by atoms with Gasteiger partial charge in [-0.3, -0.25) is 9.59 Å². The second-order valence-corrected chi connectivity index (χ2v) is 1.87. The number of hydrogen-bond donors (Lipinski definition) is 3. The third kappa shape index (κ3) is 25.5. The van der Waals surface area contributed by atoms with Gasteiger partial charge in [0.1, 0.15) is 0 Å². The van der Waals surface area contributed by atoms with Crippen molar-refractivity contribution in [3.63, 3.8) is 0 Å². The number of carboxylic acids is 1. The monoisotopic (exact) mass is 189 g/mol. The van der Waals surface area contributed by atoms with Crippen LogP contribution in [-0.4, -0.2) is 29.1 Å². The molecule has 2 amide bonds. The second kappa shape index (κ2) is 8.18. The van der Waals surface area contributed by atoms with Crippen molar-refractivity contribution in [2.45, 2.75) is 13.8 Å². The van der Waals surface area contributed by atoms with Crippen LogP contribution in [0.3, 0.4) is 0 Å². The average molecular weight is 189 g/mol. The lowest BCUT2D eigenvalue weighted by Gasteiger charge is -1.89. The molecule has 0 saturated heterocycles. The predicted molar refractivity (Wildman–Crippen MR) is 45.2 cm³/mol. The lowest BCUT2D eigenvalue weighted by Crippen LogP contribution is -2.25. The fraction of sp³-hybridized carbons (Fsp3) is 0.333. The van der Waals surface area contributed by atoms with Crippen molar-refractivity contribution >= 4 is 24.0 Å². The van der Waals surface area contributed by atoms with Gasteiger partial charge in [-0.15, -0.1) is 0 Å². The Hall–Kier alpha value is -1.92. The van der Waals surface area contributed by atoms with E-state index >= 15 is 0 Å². The van der Waals surface area contributed by atoms with Gasteiger partial charge in [-0.05, 0) is 6.92 Å². The number of primary amides is 1. The molecule has 4 N–H and O–H groups in total.